The third kappa shape index (κ3) is 2.98. The Kier molecular flexibility index (Phi) is 3.81. The van der Waals surface area contributed by atoms with Crippen LogP contribution in [0, 0.1) is 6.92 Å². The molecule has 1 N–H and O–H groups in total. The van der Waals surface area contributed by atoms with Gasteiger partial charge in [-0.15, -0.1) is 0 Å². The molecule has 0 saturated heterocycles. The van der Waals surface area contributed by atoms with Gasteiger partial charge in [-0.2, -0.15) is 0 Å². The third-order valence-corrected chi connectivity index (χ3v) is 3.06. The van der Waals surface area contributed by atoms with E-state index in [0.29, 0.717) is 11.7 Å². The zero-order valence-corrected chi connectivity index (χ0v) is 11.3. The highest BCUT2D eigenvalue weighted by Gasteiger charge is 2.22. The second-order valence-electron chi connectivity index (χ2n) is 4.01. The number of oxazole rings is 1. The van der Waals surface area contributed by atoms with Crippen LogP contribution in [0.2, 0.25) is 0 Å². The van der Waals surface area contributed by atoms with E-state index in [0.717, 1.165) is 10.0 Å². The van der Waals surface area contributed by atoms with E-state index >= 15 is 0 Å². The summed E-state index contributed by atoms with van der Waals surface area (Å²) in [6.45, 7) is 1.79. The van der Waals surface area contributed by atoms with E-state index in [1.807, 2.05) is 24.3 Å². The Morgan fingerprint density at radius 3 is 2.89 bits per heavy atom. The van der Waals surface area contributed by atoms with Crippen LogP contribution in [0.4, 0.5) is 0 Å². The number of carbonyl (C=O) groups is 1. The monoisotopic (exact) mass is 309 g/mol. The number of aryl methyl sites for hydroxylation is 1. The number of aromatic nitrogens is 1. The van der Waals surface area contributed by atoms with Crippen LogP contribution in [0.5, 0.6) is 0 Å². The van der Waals surface area contributed by atoms with Crippen LogP contribution in [0.25, 0.3) is 0 Å². The fourth-order valence-electron chi connectivity index (χ4n) is 1.78. The van der Waals surface area contributed by atoms with Crippen molar-refractivity contribution in [2.75, 3.05) is 0 Å². The van der Waals surface area contributed by atoms with Crippen molar-refractivity contribution in [2.45, 2.75) is 19.3 Å². The van der Waals surface area contributed by atoms with Crippen molar-refractivity contribution in [1.29, 1.82) is 0 Å². The average molecular weight is 310 g/mol. The van der Waals surface area contributed by atoms with Gasteiger partial charge in [0.05, 0.1) is 18.5 Å². The van der Waals surface area contributed by atoms with E-state index in [1.165, 1.54) is 0 Å². The molecule has 0 amide bonds. The number of halogens is 1. The SMILES string of the molecule is Cc1cnc(C(CC(=O)O)c2cccc(Br)c2)o1. The summed E-state index contributed by atoms with van der Waals surface area (Å²) in [7, 11) is 0. The third-order valence-electron chi connectivity index (χ3n) is 2.57. The highest BCUT2D eigenvalue weighted by atomic mass is 79.9. The number of carboxylic acid groups (broad SMARTS) is 1. The average Bonchev–Trinajstić information content (AvgIpc) is 2.72. The Morgan fingerprint density at radius 2 is 2.33 bits per heavy atom. The van der Waals surface area contributed by atoms with E-state index in [9.17, 15) is 4.79 Å². The highest BCUT2D eigenvalue weighted by Crippen LogP contribution is 2.29. The van der Waals surface area contributed by atoms with Gasteiger partial charge in [-0.3, -0.25) is 4.79 Å². The van der Waals surface area contributed by atoms with Crippen molar-refractivity contribution in [3.63, 3.8) is 0 Å². The normalized spacial score (nSPS) is 12.3. The lowest BCUT2D eigenvalue weighted by atomic mass is 9.96. The molecule has 0 aliphatic rings. The maximum absolute atomic E-state index is 11.0. The van der Waals surface area contributed by atoms with Gasteiger partial charge >= 0.3 is 5.97 Å². The number of hydrogen-bond donors (Lipinski definition) is 1. The van der Waals surface area contributed by atoms with Crippen molar-refractivity contribution < 1.29 is 14.3 Å². The lowest BCUT2D eigenvalue weighted by molar-refractivity contribution is -0.137. The Balaban J connectivity index is 2.39. The van der Waals surface area contributed by atoms with Crippen molar-refractivity contribution in [3.05, 3.63) is 52.1 Å². The molecule has 5 heteroatoms. The van der Waals surface area contributed by atoms with Crippen molar-refractivity contribution >= 4 is 21.9 Å². The summed E-state index contributed by atoms with van der Waals surface area (Å²) in [5.74, 6) is -0.132. The van der Waals surface area contributed by atoms with Gasteiger partial charge in [0.1, 0.15) is 5.76 Å². The molecule has 1 aromatic heterocycles. The van der Waals surface area contributed by atoms with Gasteiger partial charge in [0, 0.05) is 4.47 Å². The minimum Gasteiger partial charge on any atom is -0.481 e. The summed E-state index contributed by atoms with van der Waals surface area (Å²) in [6, 6.07) is 7.51. The van der Waals surface area contributed by atoms with Crippen LogP contribution in [0.1, 0.15) is 29.6 Å². The van der Waals surface area contributed by atoms with Gasteiger partial charge in [0.2, 0.25) is 5.89 Å². The smallest absolute Gasteiger partial charge is 0.304 e. The first-order chi connectivity index (χ1) is 8.56. The van der Waals surface area contributed by atoms with Crippen LogP contribution >= 0.6 is 15.9 Å². The van der Waals surface area contributed by atoms with Gasteiger partial charge in [-0.1, -0.05) is 28.1 Å². The van der Waals surface area contributed by atoms with Crippen molar-refractivity contribution in [3.8, 4) is 0 Å². The molecule has 2 aromatic rings. The zero-order chi connectivity index (χ0) is 13.1. The van der Waals surface area contributed by atoms with Crippen molar-refractivity contribution in [1.82, 2.24) is 4.98 Å². The molecular weight excluding hydrogens is 298 g/mol. The summed E-state index contributed by atoms with van der Waals surface area (Å²) in [6.07, 6.45) is 1.55. The second-order valence-corrected chi connectivity index (χ2v) is 4.93. The Hall–Kier alpha value is -1.62. The molecule has 1 aromatic carbocycles. The molecule has 0 aliphatic carbocycles. The first kappa shape index (κ1) is 12.8. The fraction of sp³-hybridized carbons (Fsp3) is 0.231. The van der Waals surface area contributed by atoms with Crippen LogP contribution in [0.3, 0.4) is 0 Å². The molecule has 2 rings (SSSR count). The first-order valence-electron chi connectivity index (χ1n) is 5.46. The molecule has 1 heterocycles. The van der Waals surface area contributed by atoms with E-state index in [2.05, 4.69) is 20.9 Å². The molecule has 0 fully saturated rings. The molecule has 0 saturated carbocycles. The van der Waals surface area contributed by atoms with E-state index in [4.69, 9.17) is 9.52 Å². The van der Waals surface area contributed by atoms with Gasteiger partial charge < -0.3 is 9.52 Å². The van der Waals surface area contributed by atoms with Crippen LogP contribution in [-0.4, -0.2) is 16.1 Å². The highest BCUT2D eigenvalue weighted by molar-refractivity contribution is 9.10. The summed E-state index contributed by atoms with van der Waals surface area (Å²) < 4.78 is 6.35. The molecule has 0 aliphatic heterocycles. The fourth-order valence-corrected chi connectivity index (χ4v) is 2.20. The number of benzene rings is 1. The van der Waals surface area contributed by atoms with Gasteiger partial charge in [-0.25, -0.2) is 4.98 Å². The number of rotatable bonds is 4. The zero-order valence-electron chi connectivity index (χ0n) is 9.76. The van der Waals surface area contributed by atoms with Crippen LogP contribution in [-0.2, 0) is 4.79 Å². The molecule has 1 unspecified atom stereocenters. The van der Waals surface area contributed by atoms with Crippen molar-refractivity contribution in [2.24, 2.45) is 0 Å². The van der Waals surface area contributed by atoms with Crippen LogP contribution < -0.4 is 0 Å². The lowest BCUT2D eigenvalue weighted by Gasteiger charge is -2.11. The topological polar surface area (TPSA) is 63.3 Å². The summed E-state index contributed by atoms with van der Waals surface area (Å²) in [4.78, 5) is 15.1. The minimum absolute atomic E-state index is 0.0452. The molecule has 4 nitrogen and oxygen atoms in total. The molecule has 1 atom stereocenters. The number of aliphatic carboxylic acids is 1. The Bertz CT molecular complexity index is 565. The predicted octanol–water partition coefficient (Wildman–Crippen LogP) is 3.35. The molecule has 18 heavy (non-hydrogen) atoms. The van der Waals surface area contributed by atoms with Gasteiger partial charge in [-0.05, 0) is 24.6 Å². The maximum atomic E-state index is 11.0. The molecule has 94 valence electrons. The standard InChI is InChI=1S/C13H12BrNO3/c1-8-7-15-13(18-8)11(6-12(16)17)9-3-2-4-10(14)5-9/h2-5,7,11H,6H2,1H3,(H,16,17). The number of carboxylic acids is 1. The molecule has 0 radical (unpaired) electrons. The quantitative estimate of drug-likeness (QED) is 0.940. The van der Waals surface area contributed by atoms with E-state index in [-0.39, 0.29) is 12.3 Å². The lowest BCUT2D eigenvalue weighted by Crippen LogP contribution is -2.08. The van der Waals surface area contributed by atoms with E-state index in [1.54, 1.807) is 13.1 Å². The number of nitrogens with zero attached hydrogens (tertiary/aromatic N) is 1. The summed E-state index contributed by atoms with van der Waals surface area (Å²) in [5.41, 5.74) is 0.869. The predicted molar refractivity (Wildman–Crippen MR) is 69.5 cm³/mol. The molecule has 0 spiro atoms. The van der Waals surface area contributed by atoms with Gasteiger partial charge in [0.25, 0.3) is 0 Å². The largest absolute Gasteiger partial charge is 0.481 e. The van der Waals surface area contributed by atoms with E-state index < -0.39 is 5.97 Å². The maximum Gasteiger partial charge on any atom is 0.304 e. The second kappa shape index (κ2) is 5.35. The summed E-state index contributed by atoms with van der Waals surface area (Å²) >= 11 is 3.38. The molecule has 0 bridgehead atoms. The summed E-state index contributed by atoms with van der Waals surface area (Å²) in [5, 5.41) is 9.00. The Morgan fingerprint density at radius 1 is 1.56 bits per heavy atom. The van der Waals surface area contributed by atoms with Crippen LogP contribution in [0.15, 0.2) is 39.4 Å². The van der Waals surface area contributed by atoms with Gasteiger partial charge in [0.15, 0.2) is 0 Å². The minimum atomic E-state index is -0.879. The first-order valence-corrected chi connectivity index (χ1v) is 6.25. The Labute approximate surface area is 113 Å². The number of hydrogen-bond acceptors (Lipinski definition) is 3. The molecular formula is C13H12BrNO3.